The summed E-state index contributed by atoms with van der Waals surface area (Å²) in [4.78, 5) is 31.2. The van der Waals surface area contributed by atoms with E-state index >= 15 is 0 Å². The van der Waals surface area contributed by atoms with Crippen molar-refractivity contribution < 1.29 is 18.7 Å². The molecule has 144 valence electrons. The number of nitrogens with one attached hydrogen (secondary N) is 1. The van der Waals surface area contributed by atoms with Crippen molar-refractivity contribution in [3.8, 4) is 5.75 Å². The molecule has 0 unspecified atom stereocenters. The van der Waals surface area contributed by atoms with Gasteiger partial charge in [0, 0.05) is 19.1 Å². The normalized spacial score (nSPS) is 17.3. The van der Waals surface area contributed by atoms with Gasteiger partial charge in [-0.1, -0.05) is 12.1 Å². The van der Waals surface area contributed by atoms with Crippen LogP contribution in [0.15, 0.2) is 29.8 Å². The Bertz CT molecular complexity index is 811. The van der Waals surface area contributed by atoms with E-state index in [1.165, 1.54) is 23.5 Å². The van der Waals surface area contributed by atoms with E-state index in [0.717, 1.165) is 18.5 Å². The van der Waals surface area contributed by atoms with Gasteiger partial charge in [0.15, 0.2) is 18.2 Å². The van der Waals surface area contributed by atoms with Crippen molar-refractivity contribution >= 4 is 23.2 Å². The number of carbonyl (C=O) groups is 2. The number of amides is 2. The lowest BCUT2D eigenvalue weighted by Gasteiger charge is -2.21. The number of thiazole rings is 1. The van der Waals surface area contributed by atoms with Crippen LogP contribution in [-0.4, -0.2) is 47.4 Å². The molecular weight excluding hydrogens is 369 g/mol. The van der Waals surface area contributed by atoms with Crippen LogP contribution in [0.5, 0.6) is 5.75 Å². The SMILES string of the molecule is Cc1ncsc1C(=O)N[C@@H]1CCCN(C(=O)COc2ccccc2F)CC1. The highest BCUT2D eigenvalue weighted by Gasteiger charge is 2.23. The molecule has 1 saturated heterocycles. The Morgan fingerprint density at radius 1 is 1.33 bits per heavy atom. The number of ether oxygens (including phenoxy) is 1. The fourth-order valence-electron chi connectivity index (χ4n) is 3.05. The number of aromatic nitrogens is 1. The van der Waals surface area contributed by atoms with Gasteiger partial charge in [0.1, 0.15) is 4.88 Å². The lowest BCUT2D eigenvalue weighted by atomic mass is 10.1. The standard InChI is InChI=1S/C19H22FN3O3S/c1-13-18(27-12-21-13)19(25)22-14-5-4-9-23(10-8-14)17(24)11-26-16-7-3-2-6-15(16)20/h2-3,6-7,12,14H,4-5,8-11H2,1H3,(H,22,25)/t14-/m1/s1. The van der Waals surface area contributed by atoms with E-state index < -0.39 is 5.82 Å². The van der Waals surface area contributed by atoms with Crippen LogP contribution in [0.2, 0.25) is 0 Å². The van der Waals surface area contributed by atoms with E-state index in [0.29, 0.717) is 24.4 Å². The summed E-state index contributed by atoms with van der Waals surface area (Å²) >= 11 is 1.33. The Morgan fingerprint density at radius 3 is 2.89 bits per heavy atom. The summed E-state index contributed by atoms with van der Waals surface area (Å²) in [6, 6.07) is 6.04. The number of aryl methyl sites for hydroxylation is 1. The first-order chi connectivity index (χ1) is 13.0. The van der Waals surface area contributed by atoms with Gasteiger partial charge < -0.3 is 15.0 Å². The Balaban J connectivity index is 1.49. The third kappa shape index (κ3) is 5.03. The monoisotopic (exact) mass is 391 g/mol. The second-order valence-electron chi connectivity index (χ2n) is 6.47. The molecule has 0 aliphatic carbocycles. The van der Waals surface area contributed by atoms with Gasteiger partial charge in [-0.15, -0.1) is 11.3 Å². The van der Waals surface area contributed by atoms with Crippen molar-refractivity contribution in [1.82, 2.24) is 15.2 Å². The van der Waals surface area contributed by atoms with Crippen molar-refractivity contribution in [1.29, 1.82) is 0 Å². The molecule has 1 fully saturated rings. The molecule has 3 rings (SSSR count). The van der Waals surface area contributed by atoms with Crippen molar-refractivity contribution in [2.45, 2.75) is 32.2 Å². The first-order valence-electron chi connectivity index (χ1n) is 8.90. The zero-order chi connectivity index (χ0) is 19.2. The lowest BCUT2D eigenvalue weighted by Crippen LogP contribution is -2.38. The quantitative estimate of drug-likeness (QED) is 0.851. The number of para-hydroxylation sites is 1. The minimum Gasteiger partial charge on any atom is -0.481 e. The Morgan fingerprint density at radius 2 is 2.15 bits per heavy atom. The first kappa shape index (κ1) is 19.3. The molecule has 6 nitrogen and oxygen atoms in total. The number of nitrogens with zero attached hydrogens (tertiary/aromatic N) is 2. The summed E-state index contributed by atoms with van der Waals surface area (Å²) in [5, 5.41) is 3.04. The van der Waals surface area contributed by atoms with Gasteiger partial charge in [-0.25, -0.2) is 9.37 Å². The van der Waals surface area contributed by atoms with E-state index in [9.17, 15) is 14.0 Å². The number of carbonyl (C=O) groups excluding carboxylic acids is 2. The van der Waals surface area contributed by atoms with Crippen molar-refractivity contribution in [2.24, 2.45) is 0 Å². The lowest BCUT2D eigenvalue weighted by molar-refractivity contribution is -0.133. The van der Waals surface area contributed by atoms with Crippen molar-refractivity contribution in [2.75, 3.05) is 19.7 Å². The molecule has 1 aliphatic heterocycles. The van der Waals surface area contributed by atoms with Crippen LogP contribution in [0.25, 0.3) is 0 Å². The van der Waals surface area contributed by atoms with Gasteiger partial charge in [-0.2, -0.15) is 0 Å². The van der Waals surface area contributed by atoms with Gasteiger partial charge in [0.2, 0.25) is 0 Å². The number of rotatable bonds is 5. The molecule has 0 saturated carbocycles. The number of hydrogen-bond acceptors (Lipinski definition) is 5. The second kappa shape index (κ2) is 8.94. The Labute approximate surface area is 161 Å². The van der Waals surface area contributed by atoms with Crippen molar-refractivity contribution in [3.05, 3.63) is 46.2 Å². The molecule has 0 radical (unpaired) electrons. The predicted molar refractivity (Wildman–Crippen MR) is 100 cm³/mol. The molecule has 0 bridgehead atoms. The molecule has 8 heteroatoms. The maximum Gasteiger partial charge on any atom is 0.263 e. The average Bonchev–Trinajstić information content (AvgIpc) is 2.95. The molecule has 2 amide bonds. The molecule has 1 atom stereocenters. The van der Waals surface area contributed by atoms with Crippen LogP contribution < -0.4 is 10.1 Å². The summed E-state index contributed by atoms with van der Waals surface area (Å²) in [5.74, 6) is -0.695. The van der Waals surface area contributed by atoms with Gasteiger partial charge in [-0.3, -0.25) is 9.59 Å². The smallest absolute Gasteiger partial charge is 0.263 e. The summed E-state index contributed by atoms with van der Waals surface area (Å²) < 4.78 is 18.9. The van der Waals surface area contributed by atoms with E-state index in [1.807, 2.05) is 6.92 Å². The summed E-state index contributed by atoms with van der Waals surface area (Å²) in [6.07, 6.45) is 2.27. The van der Waals surface area contributed by atoms with E-state index in [4.69, 9.17) is 4.74 Å². The number of likely N-dealkylation sites (tertiary alicyclic amines) is 1. The van der Waals surface area contributed by atoms with Crippen LogP contribution >= 0.6 is 11.3 Å². The first-order valence-corrected chi connectivity index (χ1v) is 9.78. The molecule has 1 N–H and O–H groups in total. The minimum atomic E-state index is -0.484. The third-order valence-corrected chi connectivity index (χ3v) is 5.48. The number of benzene rings is 1. The van der Waals surface area contributed by atoms with Crippen LogP contribution in [0, 0.1) is 12.7 Å². The highest BCUT2D eigenvalue weighted by atomic mass is 32.1. The number of hydrogen-bond donors (Lipinski definition) is 1. The maximum absolute atomic E-state index is 13.6. The zero-order valence-electron chi connectivity index (χ0n) is 15.1. The Kier molecular flexibility index (Phi) is 6.39. The van der Waals surface area contributed by atoms with Gasteiger partial charge in [-0.05, 0) is 38.3 Å². The molecule has 1 aromatic carbocycles. The van der Waals surface area contributed by atoms with Crippen molar-refractivity contribution in [3.63, 3.8) is 0 Å². The fraction of sp³-hybridized carbons (Fsp3) is 0.421. The van der Waals surface area contributed by atoms with E-state index in [-0.39, 0.29) is 30.2 Å². The van der Waals surface area contributed by atoms with Crippen LogP contribution in [0.1, 0.15) is 34.6 Å². The van der Waals surface area contributed by atoms with E-state index in [1.54, 1.807) is 22.5 Å². The van der Waals surface area contributed by atoms with Gasteiger partial charge in [0.05, 0.1) is 11.2 Å². The van der Waals surface area contributed by atoms with Crippen LogP contribution in [-0.2, 0) is 4.79 Å². The molecule has 1 aliphatic rings. The molecule has 1 aromatic heterocycles. The zero-order valence-corrected chi connectivity index (χ0v) is 15.9. The molecular formula is C19H22FN3O3S. The van der Waals surface area contributed by atoms with Crippen LogP contribution in [0.4, 0.5) is 4.39 Å². The molecule has 0 spiro atoms. The highest BCUT2D eigenvalue weighted by Crippen LogP contribution is 2.17. The minimum absolute atomic E-state index is 0.0179. The highest BCUT2D eigenvalue weighted by molar-refractivity contribution is 7.11. The van der Waals surface area contributed by atoms with Gasteiger partial charge in [0.25, 0.3) is 11.8 Å². The largest absolute Gasteiger partial charge is 0.481 e. The average molecular weight is 391 g/mol. The van der Waals surface area contributed by atoms with Crippen LogP contribution in [0.3, 0.4) is 0 Å². The Hall–Kier alpha value is -2.48. The maximum atomic E-state index is 13.6. The summed E-state index contributed by atoms with van der Waals surface area (Å²) in [5.41, 5.74) is 2.39. The molecule has 2 heterocycles. The molecule has 2 aromatic rings. The fourth-order valence-corrected chi connectivity index (χ4v) is 3.76. The number of halogens is 1. The van der Waals surface area contributed by atoms with E-state index in [2.05, 4.69) is 10.3 Å². The summed E-state index contributed by atoms with van der Waals surface area (Å²) in [6.45, 7) is 2.75. The molecule has 27 heavy (non-hydrogen) atoms. The topological polar surface area (TPSA) is 71.5 Å². The summed E-state index contributed by atoms with van der Waals surface area (Å²) in [7, 11) is 0. The third-order valence-electron chi connectivity index (χ3n) is 4.56. The second-order valence-corrected chi connectivity index (χ2v) is 7.32. The van der Waals surface area contributed by atoms with Gasteiger partial charge >= 0.3 is 0 Å². The predicted octanol–water partition coefficient (Wildman–Crippen LogP) is 2.78.